The van der Waals surface area contributed by atoms with Crippen LogP contribution in [0.3, 0.4) is 0 Å². The van der Waals surface area contributed by atoms with Gasteiger partial charge in [0.15, 0.2) is 0 Å². The molecule has 1 atom stereocenters. The third-order valence-electron chi connectivity index (χ3n) is 3.20. The molecule has 0 N–H and O–H groups in total. The zero-order valence-electron chi connectivity index (χ0n) is 12.6. The minimum absolute atomic E-state index is 0.557. The van der Waals surface area contributed by atoms with Gasteiger partial charge in [-0.15, -0.1) is 0 Å². The van der Waals surface area contributed by atoms with Gasteiger partial charge in [-0.05, 0) is 35.1 Å². The van der Waals surface area contributed by atoms with Gasteiger partial charge in [-0.1, -0.05) is 63.2 Å². The summed E-state index contributed by atoms with van der Waals surface area (Å²) in [5, 5.41) is 2.64. The summed E-state index contributed by atoms with van der Waals surface area (Å²) in [6, 6.07) is 15.2. The summed E-state index contributed by atoms with van der Waals surface area (Å²) in [7, 11) is 1.85. The Morgan fingerprint density at radius 1 is 1.05 bits per heavy atom. The average Bonchev–Trinajstić information content (AvgIpc) is 2.48. The van der Waals surface area contributed by atoms with Gasteiger partial charge in [0.05, 0.1) is 0 Å². The standard InChI is InChI=1S/C16H19N.C2H6/c1-3-13(12-17-2)10-14-8-9-15-6-4-5-7-16(15)11-14;1-2/h4-9,11-13H,3,10H2,1-2H3;1-2H3. The lowest BCUT2D eigenvalue weighted by atomic mass is 9.96. The van der Waals surface area contributed by atoms with Crippen LogP contribution in [0.1, 0.15) is 32.8 Å². The zero-order chi connectivity index (χ0) is 14.1. The van der Waals surface area contributed by atoms with Crippen molar-refractivity contribution in [3.63, 3.8) is 0 Å². The van der Waals surface area contributed by atoms with E-state index in [1.807, 2.05) is 20.9 Å². The third kappa shape index (κ3) is 4.51. The average molecular weight is 255 g/mol. The van der Waals surface area contributed by atoms with E-state index in [1.54, 1.807) is 0 Å². The Morgan fingerprint density at radius 3 is 2.37 bits per heavy atom. The summed E-state index contributed by atoms with van der Waals surface area (Å²) in [5.74, 6) is 0.557. The first-order valence-corrected chi connectivity index (χ1v) is 7.23. The molecule has 0 aliphatic heterocycles. The quantitative estimate of drug-likeness (QED) is 0.671. The molecule has 0 saturated heterocycles. The minimum Gasteiger partial charge on any atom is -0.301 e. The topological polar surface area (TPSA) is 12.4 Å². The van der Waals surface area contributed by atoms with Gasteiger partial charge >= 0.3 is 0 Å². The predicted octanol–water partition coefficient (Wildman–Crippen LogP) is 5.14. The van der Waals surface area contributed by atoms with Gasteiger partial charge in [-0.25, -0.2) is 0 Å². The molecule has 0 saturated carbocycles. The number of hydrogen-bond acceptors (Lipinski definition) is 1. The van der Waals surface area contributed by atoms with Crippen molar-refractivity contribution in [2.24, 2.45) is 10.9 Å². The summed E-state index contributed by atoms with van der Waals surface area (Å²) in [6.07, 6.45) is 4.29. The van der Waals surface area contributed by atoms with E-state index in [4.69, 9.17) is 0 Å². The van der Waals surface area contributed by atoms with Gasteiger partial charge in [0, 0.05) is 13.3 Å². The molecule has 0 spiro atoms. The van der Waals surface area contributed by atoms with Gasteiger partial charge in [0.25, 0.3) is 0 Å². The van der Waals surface area contributed by atoms with Crippen molar-refractivity contribution in [2.45, 2.75) is 33.6 Å². The summed E-state index contributed by atoms with van der Waals surface area (Å²) < 4.78 is 0. The van der Waals surface area contributed by atoms with E-state index >= 15 is 0 Å². The van der Waals surface area contributed by atoms with Gasteiger partial charge in [-0.3, -0.25) is 0 Å². The maximum absolute atomic E-state index is 4.14. The number of aliphatic imine (C=N–C) groups is 1. The first-order chi connectivity index (χ1) is 9.33. The van der Waals surface area contributed by atoms with Crippen LogP contribution in [0.2, 0.25) is 0 Å². The van der Waals surface area contributed by atoms with Crippen LogP contribution in [0, 0.1) is 5.92 Å². The molecular formula is C18H25N. The minimum atomic E-state index is 0.557. The van der Waals surface area contributed by atoms with E-state index in [0.29, 0.717) is 5.92 Å². The van der Waals surface area contributed by atoms with E-state index in [1.165, 1.54) is 16.3 Å². The Morgan fingerprint density at radius 2 is 1.74 bits per heavy atom. The van der Waals surface area contributed by atoms with E-state index in [0.717, 1.165) is 12.8 Å². The lowest BCUT2D eigenvalue weighted by Gasteiger charge is -2.10. The molecule has 0 bridgehead atoms. The van der Waals surface area contributed by atoms with Gasteiger partial charge in [0.1, 0.15) is 0 Å². The van der Waals surface area contributed by atoms with Crippen LogP contribution in [-0.4, -0.2) is 13.3 Å². The molecular weight excluding hydrogens is 230 g/mol. The van der Waals surface area contributed by atoms with Crippen LogP contribution >= 0.6 is 0 Å². The molecule has 1 heteroatoms. The number of rotatable bonds is 4. The molecule has 0 aliphatic rings. The van der Waals surface area contributed by atoms with E-state index in [2.05, 4.69) is 60.6 Å². The molecule has 1 unspecified atom stereocenters. The van der Waals surface area contributed by atoms with Crippen LogP contribution in [0.15, 0.2) is 47.5 Å². The van der Waals surface area contributed by atoms with Crippen molar-refractivity contribution in [2.75, 3.05) is 7.05 Å². The molecule has 0 aliphatic carbocycles. The summed E-state index contributed by atoms with van der Waals surface area (Å²) in [6.45, 7) is 6.22. The SMILES string of the molecule is CC.CCC(C=NC)Cc1ccc2ccccc2c1. The first kappa shape index (κ1) is 15.4. The van der Waals surface area contributed by atoms with Crippen LogP contribution in [0.25, 0.3) is 10.8 Å². The van der Waals surface area contributed by atoms with Gasteiger partial charge < -0.3 is 4.99 Å². The van der Waals surface area contributed by atoms with Crippen LogP contribution in [-0.2, 0) is 6.42 Å². The van der Waals surface area contributed by atoms with Crippen molar-refractivity contribution < 1.29 is 0 Å². The molecule has 2 aromatic carbocycles. The Labute approximate surface area is 117 Å². The molecule has 0 amide bonds. The Kier molecular flexibility index (Phi) is 6.88. The van der Waals surface area contributed by atoms with Crippen LogP contribution in [0.5, 0.6) is 0 Å². The highest BCUT2D eigenvalue weighted by Gasteiger charge is 2.04. The highest BCUT2D eigenvalue weighted by atomic mass is 14.6. The summed E-state index contributed by atoms with van der Waals surface area (Å²) >= 11 is 0. The molecule has 2 aromatic rings. The molecule has 102 valence electrons. The third-order valence-corrected chi connectivity index (χ3v) is 3.20. The highest BCUT2D eigenvalue weighted by Crippen LogP contribution is 2.18. The molecule has 1 nitrogen and oxygen atoms in total. The molecule has 0 aromatic heterocycles. The molecule has 0 heterocycles. The van der Waals surface area contributed by atoms with Crippen molar-refractivity contribution in [1.82, 2.24) is 0 Å². The monoisotopic (exact) mass is 255 g/mol. The smallest absolute Gasteiger partial charge is 0.0273 e. The molecule has 2 rings (SSSR count). The number of hydrogen-bond donors (Lipinski definition) is 0. The first-order valence-electron chi connectivity index (χ1n) is 7.23. The maximum atomic E-state index is 4.14. The Balaban J connectivity index is 0.000000861. The summed E-state index contributed by atoms with van der Waals surface area (Å²) in [4.78, 5) is 4.14. The van der Waals surface area contributed by atoms with Crippen molar-refractivity contribution >= 4 is 17.0 Å². The predicted molar refractivity (Wildman–Crippen MR) is 87.2 cm³/mol. The number of benzene rings is 2. The highest BCUT2D eigenvalue weighted by molar-refractivity contribution is 5.83. The lowest BCUT2D eigenvalue weighted by Crippen LogP contribution is -2.04. The van der Waals surface area contributed by atoms with E-state index in [9.17, 15) is 0 Å². The molecule has 0 fully saturated rings. The normalized spacial score (nSPS) is 12.2. The fraction of sp³-hybridized carbons (Fsp3) is 0.389. The number of nitrogens with zero attached hydrogens (tertiary/aromatic N) is 1. The second kappa shape index (κ2) is 8.47. The van der Waals surface area contributed by atoms with Gasteiger partial charge in [0.2, 0.25) is 0 Å². The Bertz CT molecular complexity index is 514. The van der Waals surface area contributed by atoms with E-state index < -0.39 is 0 Å². The van der Waals surface area contributed by atoms with Crippen molar-refractivity contribution in [1.29, 1.82) is 0 Å². The second-order valence-corrected chi connectivity index (χ2v) is 4.46. The van der Waals surface area contributed by atoms with Crippen molar-refractivity contribution in [3.8, 4) is 0 Å². The largest absolute Gasteiger partial charge is 0.301 e. The Hall–Kier alpha value is -1.63. The van der Waals surface area contributed by atoms with Crippen molar-refractivity contribution in [3.05, 3.63) is 48.0 Å². The lowest BCUT2D eigenvalue weighted by molar-refractivity contribution is 0.674. The fourth-order valence-electron chi connectivity index (χ4n) is 2.18. The molecule has 0 radical (unpaired) electrons. The van der Waals surface area contributed by atoms with Crippen LogP contribution in [0.4, 0.5) is 0 Å². The van der Waals surface area contributed by atoms with E-state index in [-0.39, 0.29) is 0 Å². The molecule has 19 heavy (non-hydrogen) atoms. The second-order valence-electron chi connectivity index (χ2n) is 4.46. The summed E-state index contributed by atoms with van der Waals surface area (Å²) in [5.41, 5.74) is 1.40. The zero-order valence-corrected chi connectivity index (χ0v) is 12.6. The van der Waals surface area contributed by atoms with Crippen LogP contribution < -0.4 is 0 Å². The van der Waals surface area contributed by atoms with Gasteiger partial charge in [-0.2, -0.15) is 0 Å². The fourth-order valence-corrected chi connectivity index (χ4v) is 2.18. The number of fused-ring (bicyclic) bond motifs is 1. The maximum Gasteiger partial charge on any atom is 0.0273 e.